The standard InChI is InChI=1S/C12H23N3O/c1-4-7-15-8-6-13-11(15)9-14-12(3,5-2)10-16/h6,8,14,16H,4-5,7,9-10H2,1-3H3. The third-order valence-electron chi connectivity index (χ3n) is 3.07. The lowest BCUT2D eigenvalue weighted by molar-refractivity contribution is 0.167. The Kier molecular flexibility index (Phi) is 4.96. The highest BCUT2D eigenvalue weighted by molar-refractivity contribution is 4.94. The second kappa shape index (κ2) is 6.01. The van der Waals surface area contributed by atoms with E-state index in [4.69, 9.17) is 0 Å². The Morgan fingerprint density at radius 3 is 2.81 bits per heavy atom. The molecule has 0 bridgehead atoms. The minimum Gasteiger partial charge on any atom is -0.394 e. The third-order valence-corrected chi connectivity index (χ3v) is 3.07. The van der Waals surface area contributed by atoms with E-state index < -0.39 is 0 Å². The average molecular weight is 225 g/mol. The second-order valence-corrected chi connectivity index (χ2v) is 4.46. The molecule has 0 aliphatic heterocycles. The van der Waals surface area contributed by atoms with E-state index in [0.717, 1.165) is 25.2 Å². The van der Waals surface area contributed by atoms with Crippen LogP contribution in [0.5, 0.6) is 0 Å². The van der Waals surface area contributed by atoms with Crippen molar-refractivity contribution in [2.75, 3.05) is 6.61 Å². The molecule has 0 saturated heterocycles. The molecule has 0 amide bonds. The Hall–Kier alpha value is -0.870. The molecule has 2 N–H and O–H groups in total. The van der Waals surface area contributed by atoms with Crippen molar-refractivity contribution in [1.82, 2.24) is 14.9 Å². The highest BCUT2D eigenvalue weighted by atomic mass is 16.3. The van der Waals surface area contributed by atoms with Crippen molar-refractivity contribution in [3.8, 4) is 0 Å². The molecule has 0 fully saturated rings. The van der Waals surface area contributed by atoms with Gasteiger partial charge in [0.15, 0.2) is 0 Å². The molecule has 1 heterocycles. The number of imidazole rings is 1. The number of aryl methyl sites for hydroxylation is 1. The van der Waals surface area contributed by atoms with E-state index in [9.17, 15) is 5.11 Å². The summed E-state index contributed by atoms with van der Waals surface area (Å²) >= 11 is 0. The van der Waals surface area contributed by atoms with Crippen molar-refractivity contribution in [3.05, 3.63) is 18.2 Å². The van der Waals surface area contributed by atoms with Crippen LogP contribution in [0, 0.1) is 0 Å². The lowest BCUT2D eigenvalue weighted by Gasteiger charge is -2.27. The summed E-state index contributed by atoms with van der Waals surface area (Å²) in [7, 11) is 0. The van der Waals surface area contributed by atoms with Crippen molar-refractivity contribution in [2.24, 2.45) is 0 Å². The predicted molar refractivity (Wildman–Crippen MR) is 65.1 cm³/mol. The zero-order valence-corrected chi connectivity index (χ0v) is 10.5. The molecule has 0 spiro atoms. The molecule has 4 heteroatoms. The van der Waals surface area contributed by atoms with E-state index in [1.54, 1.807) is 0 Å². The molecule has 1 rings (SSSR count). The zero-order chi connectivity index (χ0) is 12.0. The third kappa shape index (κ3) is 3.32. The molecule has 16 heavy (non-hydrogen) atoms. The van der Waals surface area contributed by atoms with Crippen LogP contribution in [-0.2, 0) is 13.1 Å². The number of aliphatic hydroxyl groups excluding tert-OH is 1. The molecule has 0 aromatic carbocycles. The Balaban J connectivity index is 2.56. The summed E-state index contributed by atoms with van der Waals surface area (Å²) in [6, 6.07) is 0. The maximum Gasteiger partial charge on any atom is 0.122 e. The predicted octanol–water partition coefficient (Wildman–Crippen LogP) is 1.54. The maximum atomic E-state index is 9.30. The van der Waals surface area contributed by atoms with E-state index >= 15 is 0 Å². The molecule has 0 saturated carbocycles. The lowest BCUT2D eigenvalue weighted by atomic mass is 10.0. The minimum absolute atomic E-state index is 0.151. The van der Waals surface area contributed by atoms with Crippen LogP contribution in [0.25, 0.3) is 0 Å². The first-order valence-corrected chi connectivity index (χ1v) is 6.01. The summed E-state index contributed by atoms with van der Waals surface area (Å²) in [5.74, 6) is 1.04. The number of nitrogens with one attached hydrogen (secondary N) is 1. The molecule has 1 aromatic rings. The van der Waals surface area contributed by atoms with Gasteiger partial charge < -0.3 is 15.0 Å². The van der Waals surface area contributed by atoms with Crippen molar-refractivity contribution >= 4 is 0 Å². The number of rotatable bonds is 7. The number of hydrogen-bond acceptors (Lipinski definition) is 3. The molecular formula is C12H23N3O. The molecule has 1 unspecified atom stereocenters. The molecular weight excluding hydrogens is 202 g/mol. The van der Waals surface area contributed by atoms with Gasteiger partial charge in [-0.1, -0.05) is 13.8 Å². The summed E-state index contributed by atoms with van der Waals surface area (Å²) in [6.45, 7) is 8.11. The van der Waals surface area contributed by atoms with Gasteiger partial charge in [0.1, 0.15) is 5.82 Å². The molecule has 1 atom stereocenters. The summed E-state index contributed by atoms with van der Waals surface area (Å²) in [5.41, 5.74) is -0.205. The largest absolute Gasteiger partial charge is 0.394 e. The smallest absolute Gasteiger partial charge is 0.122 e. The minimum atomic E-state index is -0.205. The second-order valence-electron chi connectivity index (χ2n) is 4.46. The Bertz CT molecular complexity index is 305. The van der Waals surface area contributed by atoms with Gasteiger partial charge in [-0.3, -0.25) is 0 Å². The van der Waals surface area contributed by atoms with Crippen molar-refractivity contribution in [3.63, 3.8) is 0 Å². The van der Waals surface area contributed by atoms with Crippen LogP contribution < -0.4 is 5.32 Å². The van der Waals surface area contributed by atoms with Gasteiger partial charge in [-0.2, -0.15) is 0 Å². The van der Waals surface area contributed by atoms with Crippen LogP contribution in [0.2, 0.25) is 0 Å². The molecule has 1 aromatic heterocycles. The fourth-order valence-electron chi connectivity index (χ4n) is 1.54. The first-order valence-electron chi connectivity index (χ1n) is 6.01. The quantitative estimate of drug-likeness (QED) is 0.740. The fourth-order valence-corrected chi connectivity index (χ4v) is 1.54. The summed E-state index contributed by atoms with van der Waals surface area (Å²) in [6.07, 6.45) is 5.84. The van der Waals surface area contributed by atoms with Crippen molar-refractivity contribution in [2.45, 2.75) is 52.2 Å². The fraction of sp³-hybridized carbons (Fsp3) is 0.750. The molecule has 0 aliphatic carbocycles. The van der Waals surface area contributed by atoms with Crippen molar-refractivity contribution < 1.29 is 5.11 Å². The van der Waals surface area contributed by atoms with Crippen LogP contribution in [0.1, 0.15) is 39.4 Å². The summed E-state index contributed by atoms with van der Waals surface area (Å²) in [4.78, 5) is 4.33. The SMILES string of the molecule is CCCn1ccnc1CNC(C)(CC)CO. The van der Waals surface area contributed by atoms with Crippen LogP contribution in [0.3, 0.4) is 0 Å². The van der Waals surface area contributed by atoms with Crippen LogP contribution in [-0.4, -0.2) is 26.8 Å². The Morgan fingerprint density at radius 1 is 1.50 bits per heavy atom. The van der Waals surface area contributed by atoms with Gasteiger partial charge in [-0.05, 0) is 19.8 Å². The first-order chi connectivity index (χ1) is 7.65. The van der Waals surface area contributed by atoms with E-state index in [1.807, 2.05) is 19.3 Å². The van der Waals surface area contributed by atoms with Crippen LogP contribution in [0.15, 0.2) is 12.4 Å². The number of hydrogen-bond donors (Lipinski definition) is 2. The normalized spacial score (nSPS) is 15.0. The number of aliphatic hydroxyl groups is 1. The van der Waals surface area contributed by atoms with E-state index in [-0.39, 0.29) is 12.1 Å². The first kappa shape index (κ1) is 13.2. The highest BCUT2D eigenvalue weighted by Crippen LogP contribution is 2.09. The monoisotopic (exact) mass is 225 g/mol. The average Bonchev–Trinajstić information content (AvgIpc) is 2.74. The van der Waals surface area contributed by atoms with Gasteiger partial charge in [0.2, 0.25) is 0 Å². The highest BCUT2D eigenvalue weighted by Gasteiger charge is 2.20. The van der Waals surface area contributed by atoms with Gasteiger partial charge in [0.25, 0.3) is 0 Å². The van der Waals surface area contributed by atoms with Gasteiger partial charge in [0, 0.05) is 24.5 Å². The van der Waals surface area contributed by atoms with E-state index in [2.05, 4.69) is 28.7 Å². The Labute approximate surface area is 97.7 Å². The molecule has 0 aliphatic rings. The lowest BCUT2D eigenvalue weighted by Crippen LogP contribution is -2.45. The number of aromatic nitrogens is 2. The van der Waals surface area contributed by atoms with Gasteiger partial charge >= 0.3 is 0 Å². The topological polar surface area (TPSA) is 50.1 Å². The van der Waals surface area contributed by atoms with Crippen LogP contribution >= 0.6 is 0 Å². The maximum absolute atomic E-state index is 9.30. The van der Waals surface area contributed by atoms with Crippen LogP contribution in [0.4, 0.5) is 0 Å². The Morgan fingerprint density at radius 2 is 2.25 bits per heavy atom. The molecule has 92 valence electrons. The zero-order valence-electron chi connectivity index (χ0n) is 10.5. The molecule has 0 radical (unpaired) electrons. The van der Waals surface area contributed by atoms with Crippen molar-refractivity contribution in [1.29, 1.82) is 0 Å². The number of nitrogens with zero attached hydrogens (tertiary/aromatic N) is 2. The molecule has 4 nitrogen and oxygen atoms in total. The van der Waals surface area contributed by atoms with Gasteiger partial charge in [-0.25, -0.2) is 4.98 Å². The van der Waals surface area contributed by atoms with E-state index in [0.29, 0.717) is 6.54 Å². The van der Waals surface area contributed by atoms with Gasteiger partial charge in [-0.15, -0.1) is 0 Å². The van der Waals surface area contributed by atoms with E-state index in [1.165, 1.54) is 0 Å². The summed E-state index contributed by atoms with van der Waals surface area (Å²) in [5, 5.41) is 12.7. The van der Waals surface area contributed by atoms with Gasteiger partial charge in [0.05, 0.1) is 13.2 Å². The summed E-state index contributed by atoms with van der Waals surface area (Å²) < 4.78 is 2.15.